The van der Waals surface area contributed by atoms with Crippen molar-refractivity contribution in [1.29, 1.82) is 0 Å². The second-order valence-electron chi connectivity index (χ2n) is 5.87. The normalized spacial score (nSPS) is 21.5. The molecule has 0 radical (unpaired) electrons. The average molecular weight is 238 g/mol. The molecule has 0 heterocycles. The van der Waals surface area contributed by atoms with Crippen LogP contribution in [0.15, 0.2) is 0 Å². The first-order valence-electron chi connectivity index (χ1n) is 7.78. The lowest BCUT2D eigenvalue weighted by molar-refractivity contribution is -0.117. The van der Waals surface area contributed by atoms with Crippen LogP contribution in [0, 0.1) is 5.92 Å². The molecule has 0 aliphatic heterocycles. The van der Waals surface area contributed by atoms with E-state index in [0.717, 1.165) is 18.8 Å². The highest BCUT2D eigenvalue weighted by Crippen LogP contribution is 2.24. The molecule has 1 heteroatoms. The van der Waals surface area contributed by atoms with Crippen LogP contribution in [-0.2, 0) is 4.79 Å². The molecule has 0 spiro atoms. The van der Waals surface area contributed by atoms with E-state index in [2.05, 4.69) is 0 Å². The SMILES string of the molecule is CC(=O)CCC1CCCCCCCCCCC1. The molecule has 1 fully saturated rings. The Balaban J connectivity index is 2.24. The van der Waals surface area contributed by atoms with Gasteiger partial charge in [-0.3, -0.25) is 0 Å². The Morgan fingerprint density at radius 3 is 1.65 bits per heavy atom. The van der Waals surface area contributed by atoms with Gasteiger partial charge in [-0.2, -0.15) is 0 Å². The monoisotopic (exact) mass is 238 g/mol. The van der Waals surface area contributed by atoms with Crippen molar-refractivity contribution in [2.24, 2.45) is 5.92 Å². The fraction of sp³-hybridized carbons (Fsp3) is 0.938. The van der Waals surface area contributed by atoms with Crippen molar-refractivity contribution in [3.63, 3.8) is 0 Å². The highest BCUT2D eigenvalue weighted by molar-refractivity contribution is 5.75. The summed E-state index contributed by atoms with van der Waals surface area (Å²) in [6.07, 6.45) is 17.5. The Hall–Kier alpha value is -0.330. The fourth-order valence-corrected chi connectivity index (χ4v) is 2.94. The maximum Gasteiger partial charge on any atom is 0.129 e. The van der Waals surface area contributed by atoms with E-state index in [1.165, 1.54) is 70.6 Å². The lowest BCUT2D eigenvalue weighted by Crippen LogP contribution is -2.04. The topological polar surface area (TPSA) is 17.1 Å². The van der Waals surface area contributed by atoms with E-state index in [4.69, 9.17) is 0 Å². The van der Waals surface area contributed by atoms with Crippen LogP contribution in [0.25, 0.3) is 0 Å². The maximum absolute atomic E-state index is 11.1. The summed E-state index contributed by atoms with van der Waals surface area (Å²) in [5, 5.41) is 0. The number of rotatable bonds is 3. The minimum absolute atomic E-state index is 0.371. The predicted octanol–water partition coefficient (Wildman–Crippen LogP) is 5.28. The van der Waals surface area contributed by atoms with Crippen LogP contribution in [0.1, 0.15) is 90.4 Å². The summed E-state index contributed by atoms with van der Waals surface area (Å²) in [4.78, 5) is 11.1. The van der Waals surface area contributed by atoms with Gasteiger partial charge >= 0.3 is 0 Å². The first-order chi connectivity index (χ1) is 8.29. The Kier molecular flexibility index (Phi) is 8.38. The summed E-state index contributed by atoms with van der Waals surface area (Å²) < 4.78 is 0. The lowest BCUT2D eigenvalue weighted by Gasteiger charge is -2.17. The fourth-order valence-electron chi connectivity index (χ4n) is 2.94. The van der Waals surface area contributed by atoms with Crippen LogP contribution in [0.4, 0.5) is 0 Å². The van der Waals surface area contributed by atoms with Gasteiger partial charge in [0.1, 0.15) is 5.78 Å². The smallest absolute Gasteiger partial charge is 0.129 e. The standard InChI is InChI=1S/C16H30O/c1-15(17)13-14-16-11-9-7-5-3-2-4-6-8-10-12-16/h16H,2-14H2,1H3. The highest BCUT2D eigenvalue weighted by Gasteiger charge is 2.10. The molecule has 0 N–H and O–H groups in total. The maximum atomic E-state index is 11.1. The van der Waals surface area contributed by atoms with Gasteiger partial charge in [0.2, 0.25) is 0 Å². The van der Waals surface area contributed by atoms with E-state index < -0.39 is 0 Å². The van der Waals surface area contributed by atoms with Crippen molar-refractivity contribution in [2.45, 2.75) is 90.4 Å². The predicted molar refractivity (Wildman–Crippen MR) is 74.2 cm³/mol. The second-order valence-corrected chi connectivity index (χ2v) is 5.87. The Labute approximate surface area is 107 Å². The minimum Gasteiger partial charge on any atom is -0.300 e. The molecule has 0 atom stereocenters. The summed E-state index contributed by atoms with van der Waals surface area (Å²) in [5.41, 5.74) is 0. The van der Waals surface area contributed by atoms with Gasteiger partial charge in [-0.1, -0.05) is 70.6 Å². The first kappa shape index (κ1) is 14.7. The summed E-state index contributed by atoms with van der Waals surface area (Å²) >= 11 is 0. The van der Waals surface area contributed by atoms with Crippen molar-refractivity contribution in [2.75, 3.05) is 0 Å². The molecule has 100 valence electrons. The lowest BCUT2D eigenvalue weighted by atomic mass is 9.89. The largest absolute Gasteiger partial charge is 0.300 e. The number of carbonyl (C=O) groups excluding carboxylic acids is 1. The molecule has 17 heavy (non-hydrogen) atoms. The van der Waals surface area contributed by atoms with Gasteiger partial charge in [0.25, 0.3) is 0 Å². The van der Waals surface area contributed by atoms with Gasteiger partial charge < -0.3 is 4.79 Å². The Morgan fingerprint density at radius 1 is 0.824 bits per heavy atom. The van der Waals surface area contributed by atoms with Crippen LogP contribution in [0.3, 0.4) is 0 Å². The Morgan fingerprint density at radius 2 is 1.24 bits per heavy atom. The third-order valence-corrected chi connectivity index (χ3v) is 4.13. The average Bonchev–Trinajstić information content (AvgIpc) is 2.28. The van der Waals surface area contributed by atoms with E-state index >= 15 is 0 Å². The molecular formula is C16H30O. The van der Waals surface area contributed by atoms with Crippen LogP contribution in [-0.4, -0.2) is 5.78 Å². The summed E-state index contributed by atoms with van der Waals surface area (Å²) in [6, 6.07) is 0. The molecule has 1 saturated carbocycles. The van der Waals surface area contributed by atoms with E-state index in [1.807, 2.05) is 0 Å². The molecule has 1 aliphatic rings. The zero-order chi connectivity index (χ0) is 12.3. The van der Waals surface area contributed by atoms with E-state index in [0.29, 0.717) is 5.78 Å². The van der Waals surface area contributed by atoms with Crippen molar-refractivity contribution in [1.82, 2.24) is 0 Å². The minimum atomic E-state index is 0.371. The Bertz CT molecular complexity index is 186. The van der Waals surface area contributed by atoms with Crippen LogP contribution >= 0.6 is 0 Å². The molecule has 0 aromatic carbocycles. The van der Waals surface area contributed by atoms with Gasteiger partial charge in [0, 0.05) is 6.42 Å². The molecule has 0 bridgehead atoms. The molecule has 1 aliphatic carbocycles. The molecule has 1 rings (SSSR count). The molecule has 0 saturated heterocycles. The van der Waals surface area contributed by atoms with Crippen molar-refractivity contribution in [3.05, 3.63) is 0 Å². The number of carbonyl (C=O) groups is 1. The van der Waals surface area contributed by atoms with Crippen LogP contribution in [0.5, 0.6) is 0 Å². The van der Waals surface area contributed by atoms with E-state index in [-0.39, 0.29) is 0 Å². The van der Waals surface area contributed by atoms with Crippen LogP contribution < -0.4 is 0 Å². The summed E-state index contributed by atoms with van der Waals surface area (Å²) in [6.45, 7) is 1.73. The number of ketones is 1. The number of Topliss-reactive ketones (excluding diaryl/α,β-unsaturated/α-hetero) is 1. The molecule has 0 aromatic heterocycles. The number of hydrogen-bond acceptors (Lipinski definition) is 1. The van der Waals surface area contributed by atoms with Gasteiger partial charge in [-0.05, 0) is 19.3 Å². The van der Waals surface area contributed by atoms with Crippen molar-refractivity contribution < 1.29 is 4.79 Å². The third kappa shape index (κ3) is 8.40. The molecule has 0 aromatic rings. The molecule has 0 amide bonds. The van der Waals surface area contributed by atoms with Crippen molar-refractivity contribution in [3.8, 4) is 0 Å². The molecular weight excluding hydrogens is 208 g/mol. The van der Waals surface area contributed by atoms with Crippen LogP contribution in [0.2, 0.25) is 0 Å². The second kappa shape index (κ2) is 9.67. The van der Waals surface area contributed by atoms with Gasteiger partial charge in [-0.15, -0.1) is 0 Å². The zero-order valence-corrected chi connectivity index (χ0v) is 11.7. The molecule has 0 unspecified atom stereocenters. The first-order valence-corrected chi connectivity index (χ1v) is 7.78. The quantitative estimate of drug-likeness (QED) is 0.654. The van der Waals surface area contributed by atoms with Gasteiger partial charge in [0.15, 0.2) is 0 Å². The van der Waals surface area contributed by atoms with Gasteiger partial charge in [-0.25, -0.2) is 0 Å². The zero-order valence-electron chi connectivity index (χ0n) is 11.7. The summed E-state index contributed by atoms with van der Waals surface area (Å²) in [5.74, 6) is 1.20. The van der Waals surface area contributed by atoms with Gasteiger partial charge in [0.05, 0.1) is 0 Å². The summed E-state index contributed by atoms with van der Waals surface area (Å²) in [7, 11) is 0. The van der Waals surface area contributed by atoms with E-state index in [1.54, 1.807) is 6.92 Å². The van der Waals surface area contributed by atoms with Crippen molar-refractivity contribution >= 4 is 5.78 Å². The highest BCUT2D eigenvalue weighted by atomic mass is 16.1. The third-order valence-electron chi connectivity index (χ3n) is 4.13. The molecule has 1 nitrogen and oxygen atoms in total. The number of hydrogen-bond donors (Lipinski definition) is 0. The van der Waals surface area contributed by atoms with E-state index in [9.17, 15) is 4.79 Å².